The smallest absolute Gasteiger partial charge is 0.332 e. The quantitative estimate of drug-likeness (QED) is 0.352. The zero-order valence-electron chi connectivity index (χ0n) is 14.4. The van der Waals surface area contributed by atoms with Crippen LogP contribution in [-0.4, -0.2) is 66.8 Å². The summed E-state index contributed by atoms with van der Waals surface area (Å²) in [4.78, 5) is 1.90. The molecule has 1 unspecified atom stereocenters. The van der Waals surface area contributed by atoms with Crippen LogP contribution in [0, 0.1) is 0 Å². The van der Waals surface area contributed by atoms with E-state index < -0.39 is 7.60 Å². The van der Waals surface area contributed by atoms with Gasteiger partial charge < -0.3 is 19.3 Å². The van der Waals surface area contributed by atoms with Gasteiger partial charge in [0.2, 0.25) is 0 Å². The molecule has 7 heteroatoms. The second-order valence-corrected chi connectivity index (χ2v) is 7.60. The van der Waals surface area contributed by atoms with Gasteiger partial charge in [0.15, 0.2) is 0 Å². The third kappa shape index (κ3) is 9.93. The molecule has 134 valence electrons. The van der Waals surface area contributed by atoms with E-state index in [0.717, 1.165) is 25.7 Å². The number of hydrogen-bond donors (Lipinski definition) is 2. The van der Waals surface area contributed by atoms with Crippen molar-refractivity contribution in [2.24, 2.45) is 0 Å². The molecule has 0 fully saturated rings. The first-order chi connectivity index (χ1) is 10.5. The molecule has 0 saturated carbocycles. The van der Waals surface area contributed by atoms with Crippen molar-refractivity contribution in [1.29, 1.82) is 0 Å². The van der Waals surface area contributed by atoms with Crippen LogP contribution < -0.4 is 0 Å². The van der Waals surface area contributed by atoms with E-state index >= 15 is 0 Å². The molecule has 1 atom stereocenters. The highest BCUT2D eigenvalue weighted by Crippen LogP contribution is 2.49. The molecule has 2 N–H and O–H groups in total. The maximum atomic E-state index is 12.9. The topological polar surface area (TPSA) is 79.2 Å². The monoisotopic (exact) mass is 339 g/mol. The van der Waals surface area contributed by atoms with Crippen LogP contribution in [0.4, 0.5) is 0 Å². The second-order valence-electron chi connectivity index (χ2n) is 5.50. The van der Waals surface area contributed by atoms with Gasteiger partial charge in [-0.3, -0.25) is 9.46 Å². The summed E-state index contributed by atoms with van der Waals surface area (Å²) in [6.07, 6.45) is 3.94. The van der Waals surface area contributed by atoms with Gasteiger partial charge in [0.25, 0.3) is 0 Å². The number of hydrogen-bond acceptors (Lipinski definition) is 6. The molecule has 22 heavy (non-hydrogen) atoms. The third-order valence-electron chi connectivity index (χ3n) is 3.46. The van der Waals surface area contributed by atoms with E-state index in [2.05, 4.69) is 13.8 Å². The Morgan fingerprint density at radius 1 is 1.00 bits per heavy atom. The average molecular weight is 339 g/mol. The molecular weight excluding hydrogens is 305 g/mol. The first-order valence-corrected chi connectivity index (χ1v) is 10.1. The highest BCUT2D eigenvalue weighted by molar-refractivity contribution is 7.53. The summed E-state index contributed by atoms with van der Waals surface area (Å²) in [7, 11) is -3.14. The molecule has 0 aliphatic rings. The highest BCUT2D eigenvalue weighted by atomic mass is 31.2. The van der Waals surface area contributed by atoms with Crippen molar-refractivity contribution in [3.63, 3.8) is 0 Å². The Hall–Kier alpha value is 0.0300. The first kappa shape index (κ1) is 22.0. The summed E-state index contributed by atoms with van der Waals surface area (Å²) >= 11 is 0. The molecule has 0 rings (SSSR count). The van der Waals surface area contributed by atoms with Crippen molar-refractivity contribution in [3.8, 4) is 0 Å². The Morgan fingerprint density at radius 2 is 1.45 bits per heavy atom. The van der Waals surface area contributed by atoms with E-state index in [-0.39, 0.29) is 25.4 Å². The van der Waals surface area contributed by atoms with E-state index in [0.29, 0.717) is 26.3 Å². The van der Waals surface area contributed by atoms with Gasteiger partial charge in [-0.15, -0.1) is 0 Å². The third-order valence-corrected chi connectivity index (χ3v) is 5.58. The summed E-state index contributed by atoms with van der Waals surface area (Å²) in [6, 6.07) is -0.0895. The lowest BCUT2D eigenvalue weighted by Crippen LogP contribution is -2.40. The fourth-order valence-electron chi connectivity index (χ4n) is 2.09. The van der Waals surface area contributed by atoms with Gasteiger partial charge in [-0.1, -0.05) is 26.7 Å². The minimum absolute atomic E-state index is 0.00201. The fourth-order valence-corrected chi connectivity index (χ4v) is 4.07. The van der Waals surface area contributed by atoms with Crippen LogP contribution in [0.3, 0.4) is 0 Å². The van der Waals surface area contributed by atoms with Crippen molar-refractivity contribution >= 4 is 7.60 Å². The van der Waals surface area contributed by atoms with Crippen molar-refractivity contribution in [2.45, 2.75) is 52.5 Å². The largest absolute Gasteiger partial charge is 0.395 e. The molecule has 0 aromatic rings. The number of aliphatic hydroxyl groups excluding tert-OH is 2. The lowest BCUT2D eigenvalue weighted by atomic mass is 10.3. The van der Waals surface area contributed by atoms with Gasteiger partial charge in [-0.2, -0.15) is 0 Å². The van der Waals surface area contributed by atoms with Crippen LogP contribution in [0.15, 0.2) is 0 Å². The molecule has 0 radical (unpaired) electrons. The summed E-state index contributed by atoms with van der Waals surface area (Å²) < 4.78 is 24.0. The van der Waals surface area contributed by atoms with E-state index in [9.17, 15) is 4.57 Å². The van der Waals surface area contributed by atoms with Gasteiger partial charge in [0, 0.05) is 19.1 Å². The van der Waals surface area contributed by atoms with Crippen LogP contribution in [0.25, 0.3) is 0 Å². The lowest BCUT2D eigenvalue weighted by Gasteiger charge is -2.30. The van der Waals surface area contributed by atoms with Crippen molar-refractivity contribution < 1.29 is 23.8 Å². The zero-order valence-corrected chi connectivity index (χ0v) is 15.3. The maximum Gasteiger partial charge on any atom is 0.332 e. The summed E-state index contributed by atoms with van der Waals surface area (Å²) in [6.45, 7) is 7.78. The van der Waals surface area contributed by atoms with Crippen LogP contribution >= 0.6 is 7.60 Å². The first-order valence-electron chi connectivity index (χ1n) is 8.36. The Kier molecular flexibility index (Phi) is 13.5. The van der Waals surface area contributed by atoms with Gasteiger partial charge in [-0.05, 0) is 19.8 Å². The summed E-state index contributed by atoms with van der Waals surface area (Å²) in [5.41, 5.74) is 0. The van der Waals surface area contributed by atoms with Crippen molar-refractivity contribution in [3.05, 3.63) is 0 Å². The molecule has 0 bridgehead atoms. The van der Waals surface area contributed by atoms with E-state index in [1.165, 1.54) is 0 Å². The number of unbranched alkanes of at least 4 members (excludes halogenated alkanes) is 2. The number of nitrogens with zero attached hydrogens (tertiary/aromatic N) is 1. The van der Waals surface area contributed by atoms with Crippen LogP contribution in [0.2, 0.25) is 0 Å². The van der Waals surface area contributed by atoms with Crippen LogP contribution in [0.5, 0.6) is 0 Å². The second kappa shape index (κ2) is 13.5. The predicted molar refractivity (Wildman–Crippen MR) is 89.4 cm³/mol. The number of aliphatic hydroxyl groups is 2. The summed E-state index contributed by atoms with van der Waals surface area (Å²) in [5, 5.41) is 18.2. The highest BCUT2D eigenvalue weighted by Gasteiger charge is 2.29. The molecular formula is C15H34NO5P. The fraction of sp³-hybridized carbons (Fsp3) is 1.00. The molecule has 0 aliphatic carbocycles. The Morgan fingerprint density at radius 3 is 1.82 bits per heavy atom. The molecule has 0 amide bonds. The molecule has 0 spiro atoms. The molecule has 0 aromatic heterocycles. The normalized spacial score (nSPS) is 13.7. The molecule has 0 heterocycles. The zero-order chi connectivity index (χ0) is 16.8. The molecule has 6 nitrogen and oxygen atoms in total. The van der Waals surface area contributed by atoms with Crippen molar-refractivity contribution in [1.82, 2.24) is 4.90 Å². The lowest BCUT2D eigenvalue weighted by molar-refractivity contribution is 0.128. The van der Waals surface area contributed by atoms with E-state index in [4.69, 9.17) is 19.3 Å². The maximum absolute atomic E-state index is 12.9. The van der Waals surface area contributed by atoms with Crippen LogP contribution in [0.1, 0.15) is 46.5 Å². The predicted octanol–water partition coefficient (Wildman–Crippen LogP) is 2.49. The molecule has 0 aromatic carbocycles. The standard InChI is InChI=1S/C15H34NO5P/c1-4-6-12-20-22(19,21-13-7-5-2)14-15(3)16(8-10-17)9-11-18/h15,17-18H,4-14H2,1-3H3. The van der Waals surface area contributed by atoms with Crippen LogP contribution in [-0.2, 0) is 13.6 Å². The molecule has 0 saturated heterocycles. The Balaban J connectivity index is 4.65. The minimum Gasteiger partial charge on any atom is -0.395 e. The average Bonchev–Trinajstić information content (AvgIpc) is 2.47. The Labute approximate surface area is 135 Å². The van der Waals surface area contributed by atoms with E-state index in [1.54, 1.807) is 0 Å². The molecule has 0 aliphatic heterocycles. The van der Waals surface area contributed by atoms with Gasteiger partial charge in [0.1, 0.15) is 0 Å². The number of rotatable bonds is 15. The van der Waals surface area contributed by atoms with Gasteiger partial charge in [0.05, 0.1) is 32.6 Å². The summed E-state index contributed by atoms with van der Waals surface area (Å²) in [5.74, 6) is 0. The van der Waals surface area contributed by atoms with Gasteiger partial charge in [-0.25, -0.2) is 0 Å². The minimum atomic E-state index is -3.14. The van der Waals surface area contributed by atoms with E-state index in [1.807, 2.05) is 11.8 Å². The van der Waals surface area contributed by atoms with Gasteiger partial charge >= 0.3 is 7.60 Å². The van der Waals surface area contributed by atoms with Crippen molar-refractivity contribution in [2.75, 3.05) is 45.7 Å². The Bertz CT molecular complexity index is 284. The SMILES string of the molecule is CCCCOP(=O)(CC(C)N(CCO)CCO)OCCCC.